The van der Waals surface area contributed by atoms with Crippen LogP contribution in [0.3, 0.4) is 0 Å². The number of halogens is 4. The molecule has 3 rings (SSSR count). The lowest BCUT2D eigenvalue weighted by atomic mass is 10.1. The zero-order valence-corrected chi connectivity index (χ0v) is 14.2. The SMILES string of the molecule is Cl.O=C(NC1CC(=O)N(c2ccccc2Cl)C1)C1CC(F)(F)CN1. The molecule has 2 amide bonds. The molecule has 1 aromatic carbocycles. The first-order valence-corrected chi connectivity index (χ1v) is 7.70. The Bertz CT molecular complexity index is 645. The summed E-state index contributed by atoms with van der Waals surface area (Å²) in [4.78, 5) is 25.7. The van der Waals surface area contributed by atoms with Gasteiger partial charge in [-0.3, -0.25) is 14.9 Å². The smallest absolute Gasteiger partial charge is 0.262 e. The van der Waals surface area contributed by atoms with Gasteiger partial charge in [0.15, 0.2) is 0 Å². The second-order valence-corrected chi connectivity index (χ2v) is 6.27. The first-order chi connectivity index (χ1) is 10.9. The standard InChI is InChI=1S/C15H16ClF2N3O2.ClH/c16-10-3-1-2-4-12(10)21-7-9(5-13(21)22)20-14(23)11-6-15(17,18)8-19-11;/h1-4,9,11,19H,5-8H2,(H,20,23);1H. The number of para-hydroxylation sites is 1. The van der Waals surface area contributed by atoms with Crippen LogP contribution >= 0.6 is 24.0 Å². The van der Waals surface area contributed by atoms with Crippen LogP contribution in [0.1, 0.15) is 12.8 Å². The minimum Gasteiger partial charge on any atom is -0.350 e. The molecule has 0 spiro atoms. The number of rotatable bonds is 3. The highest BCUT2D eigenvalue weighted by atomic mass is 35.5. The number of amides is 2. The number of carbonyl (C=O) groups excluding carboxylic acids is 2. The molecule has 2 heterocycles. The maximum Gasteiger partial charge on any atom is 0.262 e. The molecule has 2 aliphatic heterocycles. The largest absolute Gasteiger partial charge is 0.350 e. The molecule has 0 saturated carbocycles. The third kappa shape index (κ3) is 3.96. The molecule has 2 unspecified atom stereocenters. The predicted molar refractivity (Wildman–Crippen MR) is 89.0 cm³/mol. The molecule has 24 heavy (non-hydrogen) atoms. The van der Waals surface area contributed by atoms with Crippen molar-refractivity contribution in [2.75, 3.05) is 18.0 Å². The lowest BCUT2D eigenvalue weighted by Crippen LogP contribution is -2.46. The van der Waals surface area contributed by atoms with Crippen molar-refractivity contribution in [1.29, 1.82) is 0 Å². The monoisotopic (exact) mass is 379 g/mol. The summed E-state index contributed by atoms with van der Waals surface area (Å²) in [7, 11) is 0. The number of nitrogens with one attached hydrogen (secondary N) is 2. The topological polar surface area (TPSA) is 61.4 Å². The van der Waals surface area contributed by atoms with E-state index in [2.05, 4.69) is 10.6 Å². The number of carbonyl (C=O) groups is 2. The van der Waals surface area contributed by atoms with Gasteiger partial charge in [-0.25, -0.2) is 8.78 Å². The summed E-state index contributed by atoms with van der Waals surface area (Å²) < 4.78 is 26.3. The maximum absolute atomic E-state index is 13.1. The van der Waals surface area contributed by atoms with Crippen molar-refractivity contribution in [2.45, 2.75) is 30.8 Å². The summed E-state index contributed by atoms with van der Waals surface area (Å²) in [5.74, 6) is -3.52. The van der Waals surface area contributed by atoms with Gasteiger partial charge in [-0.15, -0.1) is 12.4 Å². The lowest BCUT2D eigenvalue weighted by molar-refractivity contribution is -0.124. The van der Waals surface area contributed by atoms with E-state index in [1.807, 2.05) is 0 Å². The zero-order chi connectivity index (χ0) is 16.6. The molecule has 132 valence electrons. The third-order valence-corrected chi connectivity index (χ3v) is 4.36. The highest BCUT2D eigenvalue weighted by molar-refractivity contribution is 6.33. The van der Waals surface area contributed by atoms with Crippen LogP contribution in [0.25, 0.3) is 0 Å². The molecule has 0 radical (unpaired) electrons. The summed E-state index contributed by atoms with van der Waals surface area (Å²) in [5, 5.41) is 5.62. The van der Waals surface area contributed by atoms with Gasteiger partial charge in [0, 0.05) is 19.4 Å². The van der Waals surface area contributed by atoms with Crippen LogP contribution in [0, 0.1) is 0 Å². The molecule has 2 aliphatic rings. The van der Waals surface area contributed by atoms with E-state index in [1.54, 1.807) is 24.3 Å². The van der Waals surface area contributed by atoms with Gasteiger partial charge in [0.1, 0.15) is 0 Å². The van der Waals surface area contributed by atoms with E-state index in [1.165, 1.54) is 4.90 Å². The number of nitrogens with zero attached hydrogens (tertiary/aromatic N) is 1. The van der Waals surface area contributed by atoms with Gasteiger partial charge < -0.3 is 10.2 Å². The molecule has 0 bridgehead atoms. The van der Waals surface area contributed by atoms with Crippen molar-refractivity contribution < 1.29 is 18.4 Å². The number of anilines is 1. The highest BCUT2D eigenvalue weighted by Crippen LogP contribution is 2.29. The Hall–Kier alpha value is -1.44. The fourth-order valence-corrected chi connectivity index (χ4v) is 3.15. The van der Waals surface area contributed by atoms with Crippen molar-refractivity contribution in [2.24, 2.45) is 0 Å². The molecular weight excluding hydrogens is 363 g/mol. The van der Waals surface area contributed by atoms with Crippen LogP contribution in [0.15, 0.2) is 24.3 Å². The Balaban J connectivity index is 0.00000208. The molecule has 2 atom stereocenters. The van der Waals surface area contributed by atoms with Crippen molar-refractivity contribution in [3.63, 3.8) is 0 Å². The molecule has 9 heteroatoms. The van der Waals surface area contributed by atoms with Crippen molar-refractivity contribution in [1.82, 2.24) is 10.6 Å². The summed E-state index contributed by atoms with van der Waals surface area (Å²) in [6.07, 6.45) is -0.395. The minimum atomic E-state index is -2.86. The summed E-state index contributed by atoms with van der Waals surface area (Å²) in [5.41, 5.74) is 0.585. The van der Waals surface area contributed by atoms with Gasteiger partial charge in [-0.2, -0.15) is 0 Å². The second-order valence-electron chi connectivity index (χ2n) is 5.86. The lowest BCUT2D eigenvalue weighted by Gasteiger charge is -2.19. The van der Waals surface area contributed by atoms with Gasteiger partial charge in [0.25, 0.3) is 5.92 Å². The van der Waals surface area contributed by atoms with Gasteiger partial charge >= 0.3 is 0 Å². The van der Waals surface area contributed by atoms with Gasteiger partial charge in [-0.1, -0.05) is 23.7 Å². The molecule has 1 aromatic rings. The van der Waals surface area contributed by atoms with E-state index in [0.717, 1.165) is 0 Å². The number of hydrogen-bond donors (Lipinski definition) is 2. The Morgan fingerprint density at radius 3 is 2.71 bits per heavy atom. The quantitative estimate of drug-likeness (QED) is 0.843. The van der Waals surface area contributed by atoms with Crippen LogP contribution in [0.2, 0.25) is 5.02 Å². The van der Waals surface area contributed by atoms with Crippen LogP contribution in [-0.2, 0) is 9.59 Å². The normalized spacial score (nSPS) is 25.5. The summed E-state index contributed by atoms with van der Waals surface area (Å²) in [6.45, 7) is -0.224. The van der Waals surface area contributed by atoms with Crippen LogP contribution in [-0.4, -0.2) is 42.9 Å². The fourth-order valence-electron chi connectivity index (χ4n) is 2.91. The highest BCUT2D eigenvalue weighted by Gasteiger charge is 2.43. The molecule has 2 saturated heterocycles. The van der Waals surface area contributed by atoms with E-state index in [-0.39, 0.29) is 31.3 Å². The average Bonchev–Trinajstić information content (AvgIpc) is 3.02. The molecule has 5 nitrogen and oxygen atoms in total. The van der Waals surface area contributed by atoms with Gasteiger partial charge in [0.05, 0.1) is 29.3 Å². The predicted octanol–water partition coefficient (Wildman–Crippen LogP) is 1.98. The number of alkyl halides is 2. The Morgan fingerprint density at radius 2 is 2.08 bits per heavy atom. The van der Waals surface area contributed by atoms with Crippen molar-refractivity contribution in [3.8, 4) is 0 Å². The van der Waals surface area contributed by atoms with E-state index in [9.17, 15) is 18.4 Å². The number of benzene rings is 1. The Morgan fingerprint density at radius 1 is 1.38 bits per heavy atom. The molecular formula is C15H17Cl2F2N3O2. The van der Waals surface area contributed by atoms with Gasteiger partial charge in [-0.05, 0) is 12.1 Å². The molecule has 2 N–H and O–H groups in total. The Labute approximate surface area is 149 Å². The minimum absolute atomic E-state index is 0. The number of hydrogen-bond acceptors (Lipinski definition) is 3. The first-order valence-electron chi connectivity index (χ1n) is 7.32. The van der Waals surface area contributed by atoms with E-state index in [0.29, 0.717) is 10.7 Å². The summed E-state index contributed by atoms with van der Waals surface area (Å²) >= 11 is 6.08. The summed E-state index contributed by atoms with van der Waals surface area (Å²) in [6, 6.07) is 5.60. The van der Waals surface area contributed by atoms with Crippen molar-refractivity contribution in [3.05, 3.63) is 29.3 Å². The van der Waals surface area contributed by atoms with Crippen LogP contribution in [0.4, 0.5) is 14.5 Å². The van der Waals surface area contributed by atoms with E-state index in [4.69, 9.17) is 11.6 Å². The molecule has 0 aliphatic carbocycles. The zero-order valence-electron chi connectivity index (χ0n) is 12.6. The van der Waals surface area contributed by atoms with Crippen LogP contribution in [0.5, 0.6) is 0 Å². The third-order valence-electron chi connectivity index (χ3n) is 4.04. The second kappa shape index (κ2) is 7.21. The average molecular weight is 380 g/mol. The van der Waals surface area contributed by atoms with Crippen molar-refractivity contribution >= 4 is 41.5 Å². The first kappa shape index (κ1) is 18.9. The van der Waals surface area contributed by atoms with Crippen LogP contribution < -0.4 is 15.5 Å². The van der Waals surface area contributed by atoms with Gasteiger partial charge in [0.2, 0.25) is 11.8 Å². The molecule has 0 aromatic heterocycles. The van der Waals surface area contributed by atoms with E-state index >= 15 is 0 Å². The fraction of sp³-hybridized carbons (Fsp3) is 0.467. The molecule has 2 fully saturated rings. The van der Waals surface area contributed by atoms with E-state index < -0.39 is 36.9 Å². The maximum atomic E-state index is 13.1. The Kier molecular flexibility index (Phi) is 5.67.